The van der Waals surface area contributed by atoms with Crippen LogP contribution in [0.5, 0.6) is 5.75 Å². The Balaban J connectivity index is 2.14. The van der Waals surface area contributed by atoms with E-state index in [2.05, 4.69) is 5.32 Å². The molecule has 2 atom stereocenters. The molecule has 1 aliphatic rings. The van der Waals surface area contributed by atoms with Gasteiger partial charge in [-0.15, -0.1) is 0 Å². The molecule has 2 N–H and O–H groups in total. The van der Waals surface area contributed by atoms with Crippen LogP contribution in [0.4, 0.5) is 5.69 Å². The van der Waals surface area contributed by atoms with Gasteiger partial charge in [0.2, 0.25) is 5.91 Å². The van der Waals surface area contributed by atoms with E-state index in [1.54, 1.807) is 6.92 Å². The molecule has 0 radical (unpaired) electrons. The van der Waals surface area contributed by atoms with Crippen LogP contribution in [0, 0.1) is 0 Å². The molecule has 4 nitrogen and oxygen atoms in total. The van der Waals surface area contributed by atoms with Crippen LogP contribution in [0.2, 0.25) is 0 Å². The Kier molecular flexibility index (Phi) is 3.33. The van der Waals surface area contributed by atoms with E-state index >= 15 is 0 Å². The van der Waals surface area contributed by atoms with E-state index in [1.165, 1.54) is 0 Å². The number of nitrogens with one attached hydrogen (secondary N) is 1. The summed E-state index contributed by atoms with van der Waals surface area (Å²) in [5.74, 6) is 0.789. The van der Waals surface area contributed by atoms with Crippen molar-refractivity contribution in [1.29, 1.82) is 0 Å². The molecule has 4 heteroatoms. The Morgan fingerprint density at radius 3 is 2.82 bits per heavy atom. The maximum atomic E-state index is 11.2. The fraction of sp³-hybridized carbons (Fsp3) is 0.462. The van der Waals surface area contributed by atoms with Crippen molar-refractivity contribution in [3.8, 4) is 5.75 Å². The van der Waals surface area contributed by atoms with Crippen LogP contribution in [0.1, 0.15) is 25.8 Å². The van der Waals surface area contributed by atoms with Gasteiger partial charge >= 0.3 is 0 Å². The average molecular weight is 235 g/mol. The highest BCUT2D eigenvalue weighted by atomic mass is 16.5. The lowest BCUT2D eigenvalue weighted by Gasteiger charge is -2.20. The Morgan fingerprint density at radius 1 is 1.35 bits per heavy atom. The van der Waals surface area contributed by atoms with Gasteiger partial charge in [-0.2, -0.15) is 0 Å². The van der Waals surface area contributed by atoms with Gasteiger partial charge in [-0.3, -0.25) is 4.79 Å². The molecule has 1 aromatic rings. The zero-order valence-corrected chi connectivity index (χ0v) is 10.1. The van der Waals surface area contributed by atoms with E-state index in [-0.39, 0.29) is 12.0 Å². The standard InChI is InChI=1S/C13H17NO3/c1-8(15)9(2)17-11-4-5-12-10(7-11)3-6-13(16)14-12/h4-5,7-9,15H,3,6H2,1-2H3,(H,14,16). The predicted molar refractivity (Wildman–Crippen MR) is 65.2 cm³/mol. The molecule has 0 spiro atoms. The largest absolute Gasteiger partial charge is 0.488 e. The summed E-state index contributed by atoms with van der Waals surface area (Å²) in [7, 11) is 0. The quantitative estimate of drug-likeness (QED) is 0.838. The van der Waals surface area contributed by atoms with Gasteiger partial charge in [-0.05, 0) is 44.0 Å². The van der Waals surface area contributed by atoms with Crippen molar-refractivity contribution in [2.45, 2.75) is 38.9 Å². The smallest absolute Gasteiger partial charge is 0.224 e. The number of hydrogen-bond acceptors (Lipinski definition) is 3. The summed E-state index contributed by atoms with van der Waals surface area (Å²) in [6.07, 6.45) is 0.501. The van der Waals surface area contributed by atoms with E-state index in [1.807, 2.05) is 25.1 Å². The highest BCUT2D eigenvalue weighted by Gasteiger charge is 2.16. The number of aliphatic hydroxyl groups is 1. The first-order valence-electron chi connectivity index (χ1n) is 5.84. The van der Waals surface area contributed by atoms with Crippen LogP contribution in [0.15, 0.2) is 18.2 Å². The van der Waals surface area contributed by atoms with E-state index in [9.17, 15) is 9.90 Å². The van der Waals surface area contributed by atoms with Crippen LogP contribution < -0.4 is 10.1 Å². The van der Waals surface area contributed by atoms with Crippen LogP contribution in [-0.4, -0.2) is 23.2 Å². The summed E-state index contributed by atoms with van der Waals surface area (Å²) in [4.78, 5) is 11.2. The summed E-state index contributed by atoms with van der Waals surface area (Å²) < 4.78 is 5.61. The Labute approximate surface area is 101 Å². The lowest BCUT2D eigenvalue weighted by molar-refractivity contribution is -0.116. The predicted octanol–water partition coefficient (Wildman–Crippen LogP) is 1.72. The molecule has 0 saturated carbocycles. The van der Waals surface area contributed by atoms with Crippen molar-refractivity contribution in [2.75, 3.05) is 5.32 Å². The SMILES string of the molecule is CC(O)C(C)Oc1ccc2c(c1)CCC(=O)N2. The van der Waals surface area contributed by atoms with Gasteiger partial charge < -0.3 is 15.2 Å². The van der Waals surface area contributed by atoms with E-state index in [4.69, 9.17) is 4.74 Å². The van der Waals surface area contributed by atoms with Gasteiger partial charge in [0.15, 0.2) is 0 Å². The maximum Gasteiger partial charge on any atom is 0.224 e. The summed E-state index contributed by atoms with van der Waals surface area (Å²) in [6, 6.07) is 5.58. The van der Waals surface area contributed by atoms with Gasteiger partial charge in [-0.1, -0.05) is 0 Å². The molecule has 1 aliphatic heterocycles. The molecule has 0 aromatic heterocycles. The molecule has 0 aliphatic carbocycles. The maximum absolute atomic E-state index is 11.2. The molecule has 92 valence electrons. The van der Waals surface area contributed by atoms with Crippen molar-refractivity contribution in [1.82, 2.24) is 0 Å². The number of carbonyl (C=O) groups excluding carboxylic acids is 1. The first-order valence-corrected chi connectivity index (χ1v) is 5.84. The van der Waals surface area contributed by atoms with Crippen LogP contribution in [0.3, 0.4) is 0 Å². The van der Waals surface area contributed by atoms with Gasteiger partial charge in [0.05, 0.1) is 6.10 Å². The summed E-state index contributed by atoms with van der Waals surface area (Å²) in [5.41, 5.74) is 1.94. The third-order valence-corrected chi connectivity index (χ3v) is 2.97. The Morgan fingerprint density at radius 2 is 2.12 bits per heavy atom. The molecular formula is C13H17NO3. The average Bonchev–Trinajstić information content (AvgIpc) is 2.29. The highest BCUT2D eigenvalue weighted by molar-refractivity contribution is 5.93. The van der Waals surface area contributed by atoms with E-state index < -0.39 is 6.10 Å². The van der Waals surface area contributed by atoms with Gasteiger partial charge in [0, 0.05) is 12.1 Å². The number of benzene rings is 1. The number of hydrogen-bond donors (Lipinski definition) is 2. The number of anilines is 1. The number of ether oxygens (including phenoxy) is 1. The molecule has 2 unspecified atom stereocenters. The zero-order chi connectivity index (χ0) is 12.4. The first-order chi connectivity index (χ1) is 8.06. The number of amides is 1. The first kappa shape index (κ1) is 11.9. The molecule has 1 heterocycles. The molecule has 0 fully saturated rings. The number of aryl methyl sites for hydroxylation is 1. The lowest BCUT2D eigenvalue weighted by atomic mass is 10.0. The monoisotopic (exact) mass is 235 g/mol. The second kappa shape index (κ2) is 4.75. The minimum absolute atomic E-state index is 0.0588. The molecule has 17 heavy (non-hydrogen) atoms. The number of aliphatic hydroxyl groups excluding tert-OH is 1. The summed E-state index contributed by atoms with van der Waals surface area (Å²) >= 11 is 0. The van der Waals surface area contributed by atoms with Crippen LogP contribution in [0.25, 0.3) is 0 Å². The topological polar surface area (TPSA) is 58.6 Å². The van der Waals surface area contributed by atoms with Crippen molar-refractivity contribution >= 4 is 11.6 Å². The van der Waals surface area contributed by atoms with E-state index in [0.29, 0.717) is 6.42 Å². The molecule has 0 saturated heterocycles. The lowest BCUT2D eigenvalue weighted by Crippen LogP contribution is -2.25. The molecule has 0 bridgehead atoms. The second-order valence-electron chi connectivity index (χ2n) is 4.43. The Bertz CT molecular complexity index is 429. The fourth-order valence-electron chi connectivity index (χ4n) is 1.75. The minimum Gasteiger partial charge on any atom is -0.488 e. The van der Waals surface area contributed by atoms with Crippen LogP contribution in [-0.2, 0) is 11.2 Å². The highest BCUT2D eigenvalue weighted by Crippen LogP contribution is 2.27. The minimum atomic E-state index is -0.509. The summed E-state index contributed by atoms with van der Waals surface area (Å²) in [6.45, 7) is 3.52. The van der Waals surface area contributed by atoms with E-state index in [0.717, 1.165) is 23.4 Å². The number of rotatable bonds is 3. The Hall–Kier alpha value is -1.55. The fourth-order valence-corrected chi connectivity index (χ4v) is 1.75. The van der Waals surface area contributed by atoms with Crippen molar-refractivity contribution < 1.29 is 14.6 Å². The van der Waals surface area contributed by atoms with Gasteiger partial charge in [0.1, 0.15) is 11.9 Å². The van der Waals surface area contributed by atoms with Gasteiger partial charge in [-0.25, -0.2) is 0 Å². The van der Waals surface area contributed by atoms with Crippen molar-refractivity contribution in [2.24, 2.45) is 0 Å². The second-order valence-corrected chi connectivity index (χ2v) is 4.43. The van der Waals surface area contributed by atoms with Crippen molar-refractivity contribution in [3.63, 3.8) is 0 Å². The van der Waals surface area contributed by atoms with Crippen LogP contribution >= 0.6 is 0 Å². The zero-order valence-electron chi connectivity index (χ0n) is 10.1. The molecule has 1 aromatic carbocycles. The van der Waals surface area contributed by atoms with Gasteiger partial charge in [0.25, 0.3) is 0 Å². The third kappa shape index (κ3) is 2.77. The third-order valence-electron chi connectivity index (χ3n) is 2.97. The van der Waals surface area contributed by atoms with Crippen molar-refractivity contribution in [3.05, 3.63) is 23.8 Å². The molecular weight excluding hydrogens is 218 g/mol. The normalized spacial score (nSPS) is 17.9. The number of fused-ring (bicyclic) bond motifs is 1. The molecule has 2 rings (SSSR count). The number of carbonyl (C=O) groups is 1. The molecule has 1 amide bonds. The summed E-state index contributed by atoms with van der Waals surface area (Å²) in [5, 5.41) is 12.2.